The van der Waals surface area contributed by atoms with E-state index in [9.17, 15) is 4.79 Å². The van der Waals surface area contributed by atoms with Gasteiger partial charge in [-0.25, -0.2) is 4.98 Å². The molecule has 0 aliphatic rings. The summed E-state index contributed by atoms with van der Waals surface area (Å²) in [5, 5.41) is 0. The topological polar surface area (TPSA) is 46.1 Å². The normalized spacial score (nSPS) is 10.8. The van der Waals surface area contributed by atoms with Crippen molar-refractivity contribution in [2.75, 3.05) is 11.4 Å². The van der Waals surface area contributed by atoms with Crippen molar-refractivity contribution in [1.29, 1.82) is 0 Å². The fourth-order valence-electron chi connectivity index (χ4n) is 3.27. The molecule has 0 saturated carbocycles. The van der Waals surface area contributed by atoms with Gasteiger partial charge in [-0.3, -0.25) is 4.98 Å². The van der Waals surface area contributed by atoms with E-state index in [1.54, 1.807) is 0 Å². The number of rotatable bonds is 9. The summed E-state index contributed by atoms with van der Waals surface area (Å²) < 4.78 is 0. The van der Waals surface area contributed by atoms with Gasteiger partial charge < -0.3 is 9.69 Å². The minimum absolute atomic E-state index is 0.303. The van der Waals surface area contributed by atoms with Crippen LogP contribution in [0.2, 0.25) is 0 Å². The molecule has 0 spiro atoms. The zero-order chi connectivity index (χ0) is 19.8. The lowest BCUT2D eigenvalue weighted by molar-refractivity contribution is -0.107. The number of hydrogen-bond donors (Lipinski definition) is 0. The van der Waals surface area contributed by atoms with Crippen LogP contribution in [0, 0.1) is 0 Å². The van der Waals surface area contributed by atoms with E-state index in [1.807, 2.05) is 42.6 Å². The summed E-state index contributed by atoms with van der Waals surface area (Å²) >= 11 is 0. The number of unbranched alkanes of at least 4 members (excludes halogenated alkanes) is 2. The molecule has 0 unspecified atom stereocenters. The van der Waals surface area contributed by atoms with Crippen LogP contribution >= 0.6 is 0 Å². The Morgan fingerprint density at radius 2 is 1.50 bits per heavy atom. The van der Waals surface area contributed by atoms with Gasteiger partial charge in [0.2, 0.25) is 0 Å². The van der Waals surface area contributed by atoms with Gasteiger partial charge >= 0.3 is 0 Å². The zero-order valence-corrected chi connectivity index (χ0v) is 16.6. The Morgan fingerprint density at radius 1 is 0.893 bits per heavy atom. The first-order valence-corrected chi connectivity index (χ1v) is 9.89. The number of anilines is 1. The molecule has 1 heterocycles. The third-order valence-corrected chi connectivity index (χ3v) is 4.74. The first-order chi connectivity index (χ1) is 13.7. The van der Waals surface area contributed by atoms with Crippen molar-refractivity contribution in [3.05, 3.63) is 66.9 Å². The van der Waals surface area contributed by atoms with Gasteiger partial charge in [-0.2, -0.15) is 0 Å². The summed E-state index contributed by atoms with van der Waals surface area (Å²) in [6, 6.07) is 20.7. The molecular formula is C24H27N3O. The summed E-state index contributed by atoms with van der Waals surface area (Å²) in [5.74, 6) is 0.875. The van der Waals surface area contributed by atoms with E-state index in [2.05, 4.69) is 43.0 Å². The molecule has 0 aliphatic carbocycles. The van der Waals surface area contributed by atoms with E-state index in [0.29, 0.717) is 12.5 Å². The van der Waals surface area contributed by atoms with Crippen LogP contribution in [0.15, 0.2) is 66.9 Å². The molecule has 0 atom stereocenters. The molecule has 4 nitrogen and oxygen atoms in total. The van der Waals surface area contributed by atoms with Crippen molar-refractivity contribution < 1.29 is 4.79 Å². The van der Waals surface area contributed by atoms with Gasteiger partial charge in [0, 0.05) is 30.1 Å². The summed E-state index contributed by atoms with van der Waals surface area (Å²) in [4.78, 5) is 22.7. The highest BCUT2D eigenvalue weighted by atomic mass is 16.1. The standard InChI is InChI=1S/C24H27N3O/c1-19(2)27(16-10-5-11-17-28)22-18-25-23(20-12-6-3-7-13-20)24(26-22)21-14-8-4-9-15-21/h3-4,6-9,12-15,17-19H,5,10-11,16H2,1-2H3. The molecule has 0 N–H and O–H groups in total. The molecule has 0 fully saturated rings. The van der Waals surface area contributed by atoms with Gasteiger partial charge in [0.05, 0.1) is 17.6 Å². The molecular weight excluding hydrogens is 346 g/mol. The average molecular weight is 374 g/mol. The van der Waals surface area contributed by atoms with Crippen molar-refractivity contribution in [2.24, 2.45) is 0 Å². The molecule has 0 bridgehead atoms. The Bertz CT molecular complexity index is 879. The highest BCUT2D eigenvalue weighted by molar-refractivity contribution is 5.78. The minimum Gasteiger partial charge on any atom is -0.353 e. The van der Waals surface area contributed by atoms with E-state index in [0.717, 1.165) is 54.0 Å². The van der Waals surface area contributed by atoms with E-state index in [1.165, 1.54) is 0 Å². The monoisotopic (exact) mass is 373 g/mol. The molecule has 0 aliphatic heterocycles. The van der Waals surface area contributed by atoms with Crippen LogP contribution in [-0.2, 0) is 4.79 Å². The second-order valence-electron chi connectivity index (χ2n) is 7.11. The number of hydrogen-bond acceptors (Lipinski definition) is 4. The van der Waals surface area contributed by atoms with E-state index in [-0.39, 0.29) is 0 Å². The number of benzene rings is 2. The molecule has 3 aromatic rings. The fourth-order valence-corrected chi connectivity index (χ4v) is 3.27. The fraction of sp³-hybridized carbons (Fsp3) is 0.292. The number of carbonyl (C=O) groups excluding carboxylic acids is 1. The first kappa shape index (κ1) is 19.7. The maximum atomic E-state index is 10.6. The summed E-state index contributed by atoms with van der Waals surface area (Å²) in [5.41, 5.74) is 3.89. The van der Waals surface area contributed by atoms with Gasteiger partial charge in [-0.1, -0.05) is 60.7 Å². The third-order valence-electron chi connectivity index (χ3n) is 4.74. The molecule has 144 valence electrons. The molecule has 0 saturated heterocycles. The number of carbonyl (C=O) groups is 1. The minimum atomic E-state index is 0.303. The highest BCUT2D eigenvalue weighted by Crippen LogP contribution is 2.30. The molecule has 3 rings (SSSR count). The maximum absolute atomic E-state index is 10.6. The van der Waals surface area contributed by atoms with Gasteiger partial charge in [-0.05, 0) is 26.7 Å². The number of nitrogens with zero attached hydrogens (tertiary/aromatic N) is 3. The van der Waals surface area contributed by atoms with E-state index in [4.69, 9.17) is 9.97 Å². The maximum Gasteiger partial charge on any atom is 0.148 e. The first-order valence-electron chi connectivity index (χ1n) is 9.89. The van der Waals surface area contributed by atoms with Crippen molar-refractivity contribution in [1.82, 2.24) is 9.97 Å². The van der Waals surface area contributed by atoms with Gasteiger partial charge in [-0.15, -0.1) is 0 Å². The van der Waals surface area contributed by atoms with Gasteiger partial charge in [0.1, 0.15) is 12.1 Å². The lowest BCUT2D eigenvalue weighted by atomic mass is 10.0. The van der Waals surface area contributed by atoms with E-state index >= 15 is 0 Å². The van der Waals surface area contributed by atoms with Gasteiger partial charge in [0.25, 0.3) is 0 Å². The molecule has 2 aromatic carbocycles. The largest absolute Gasteiger partial charge is 0.353 e. The average Bonchev–Trinajstić information content (AvgIpc) is 2.74. The van der Waals surface area contributed by atoms with Crippen molar-refractivity contribution in [3.63, 3.8) is 0 Å². The van der Waals surface area contributed by atoms with Crippen molar-refractivity contribution in [3.8, 4) is 22.5 Å². The van der Waals surface area contributed by atoms with Crippen LogP contribution in [0.25, 0.3) is 22.5 Å². The quantitative estimate of drug-likeness (QED) is 0.372. The number of aldehydes is 1. The summed E-state index contributed by atoms with van der Waals surface area (Å²) in [6.45, 7) is 5.18. The third kappa shape index (κ3) is 4.83. The predicted molar refractivity (Wildman–Crippen MR) is 115 cm³/mol. The highest BCUT2D eigenvalue weighted by Gasteiger charge is 2.17. The van der Waals surface area contributed by atoms with Crippen molar-refractivity contribution in [2.45, 2.75) is 39.2 Å². The Kier molecular flexibility index (Phi) is 6.90. The Balaban J connectivity index is 2.00. The smallest absolute Gasteiger partial charge is 0.148 e. The molecule has 1 aromatic heterocycles. The summed E-state index contributed by atoms with van der Waals surface area (Å²) in [6.07, 6.45) is 5.32. The molecule has 28 heavy (non-hydrogen) atoms. The van der Waals surface area contributed by atoms with Crippen molar-refractivity contribution >= 4 is 12.1 Å². The predicted octanol–water partition coefficient (Wildman–Crippen LogP) is 5.39. The Hall–Kier alpha value is -3.01. The lowest BCUT2D eigenvalue weighted by Crippen LogP contribution is -2.32. The molecule has 0 amide bonds. The SMILES string of the molecule is CC(C)N(CCCCC=O)c1cnc(-c2ccccc2)c(-c2ccccc2)n1. The molecule has 4 heteroatoms. The van der Waals surface area contributed by atoms with E-state index < -0.39 is 0 Å². The Labute approximate surface area is 167 Å². The zero-order valence-electron chi connectivity index (χ0n) is 16.6. The lowest BCUT2D eigenvalue weighted by Gasteiger charge is -2.28. The second kappa shape index (κ2) is 9.79. The number of aromatic nitrogens is 2. The van der Waals surface area contributed by atoms with Crippen LogP contribution in [0.1, 0.15) is 33.1 Å². The Morgan fingerprint density at radius 3 is 2.07 bits per heavy atom. The van der Waals surface area contributed by atoms with Crippen LogP contribution in [0.3, 0.4) is 0 Å². The second-order valence-corrected chi connectivity index (χ2v) is 7.11. The molecule has 0 radical (unpaired) electrons. The summed E-state index contributed by atoms with van der Waals surface area (Å²) in [7, 11) is 0. The van der Waals surface area contributed by atoms with Crippen LogP contribution in [0.5, 0.6) is 0 Å². The van der Waals surface area contributed by atoms with Crippen LogP contribution in [-0.4, -0.2) is 28.8 Å². The van der Waals surface area contributed by atoms with Gasteiger partial charge in [0.15, 0.2) is 0 Å². The van der Waals surface area contributed by atoms with Crippen LogP contribution in [0.4, 0.5) is 5.82 Å². The van der Waals surface area contributed by atoms with Crippen LogP contribution < -0.4 is 4.90 Å².